The van der Waals surface area contributed by atoms with Crippen LogP contribution < -0.4 is 11.1 Å². The van der Waals surface area contributed by atoms with Gasteiger partial charge in [0.05, 0.1) is 5.70 Å². The van der Waals surface area contributed by atoms with Gasteiger partial charge in [-0.15, -0.1) is 0 Å². The molecular formula is C12H16ClN3. The van der Waals surface area contributed by atoms with E-state index in [1.807, 2.05) is 38.1 Å². The Balaban J connectivity index is 2.93. The van der Waals surface area contributed by atoms with E-state index in [2.05, 4.69) is 5.32 Å². The van der Waals surface area contributed by atoms with Crippen LogP contribution in [-0.2, 0) is 0 Å². The van der Waals surface area contributed by atoms with Crippen molar-refractivity contribution in [3.8, 4) is 0 Å². The number of hydrogen-bond donors (Lipinski definition) is 3. The number of anilines is 1. The molecule has 86 valence electrons. The van der Waals surface area contributed by atoms with E-state index in [1.165, 1.54) is 0 Å². The predicted octanol–water partition coefficient (Wildman–Crippen LogP) is 3.23. The predicted molar refractivity (Wildman–Crippen MR) is 69.9 cm³/mol. The first kappa shape index (κ1) is 12.6. The normalized spacial score (nSPS) is 12.2. The van der Waals surface area contributed by atoms with Crippen LogP contribution in [0.3, 0.4) is 0 Å². The maximum absolute atomic E-state index is 7.16. The molecule has 0 unspecified atom stereocenters. The first-order valence-corrected chi connectivity index (χ1v) is 5.45. The molecule has 0 aliphatic carbocycles. The Hall–Kier alpha value is -1.48. The quantitative estimate of drug-likeness (QED) is 0.704. The maximum Gasteiger partial charge on any atom is 0.0691 e. The fourth-order valence-corrected chi connectivity index (χ4v) is 1.44. The van der Waals surface area contributed by atoms with E-state index in [-0.39, 0.29) is 5.92 Å². The zero-order chi connectivity index (χ0) is 12.1. The Morgan fingerprint density at radius 3 is 2.38 bits per heavy atom. The summed E-state index contributed by atoms with van der Waals surface area (Å²) < 4.78 is 0. The molecule has 0 bridgehead atoms. The van der Waals surface area contributed by atoms with E-state index in [1.54, 1.807) is 0 Å². The zero-order valence-corrected chi connectivity index (χ0v) is 10.2. The second kappa shape index (κ2) is 5.56. The largest absolute Gasteiger partial charge is 0.396 e. The average Bonchev–Trinajstić information content (AvgIpc) is 2.27. The van der Waals surface area contributed by atoms with Gasteiger partial charge in [0.25, 0.3) is 0 Å². The van der Waals surface area contributed by atoms with Crippen molar-refractivity contribution in [2.45, 2.75) is 13.8 Å². The third kappa shape index (κ3) is 3.28. The molecule has 0 aromatic heterocycles. The van der Waals surface area contributed by atoms with Crippen molar-refractivity contribution in [3.63, 3.8) is 0 Å². The lowest BCUT2D eigenvalue weighted by Crippen LogP contribution is -2.15. The Bertz CT molecular complexity index is 393. The summed E-state index contributed by atoms with van der Waals surface area (Å²) in [6.07, 6.45) is 1.15. The number of allylic oxidation sites excluding steroid dienone is 2. The summed E-state index contributed by atoms with van der Waals surface area (Å²) >= 11 is 5.80. The Morgan fingerprint density at radius 1 is 1.38 bits per heavy atom. The molecule has 0 saturated heterocycles. The van der Waals surface area contributed by atoms with Gasteiger partial charge in [0.15, 0.2) is 0 Å². The molecule has 0 amide bonds. The molecule has 0 atom stereocenters. The van der Waals surface area contributed by atoms with E-state index in [4.69, 9.17) is 22.7 Å². The number of rotatable bonds is 4. The van der Waals surface area contributed by atoms with Crippen LogP contribution in [0.5, 0.6) is 0 Å². The summed E-state index contributed by atoms with van der Waals surface area (Å²) in [5.74, 6) is 0.234. The van der Waals surface area contributed by atoms with Gasteiger partial charge >= 0.3 is 0 Å². The highest BCUT2D eigenvalue weighted by molar-refractivity contribution is 6.30. The summed E-state index contributed by atoms with van der Waals surface area (Å²) in [6.45, 7) is 4.04. The van der Waals surface area contributed by atoms with E-state index in [0.717, 1.165) is 17.6 Å². The Labute approximate surface area is 101 Å². The first-order valence-electron chi connectivity index (χ1n) is 5.07. The number of benzene rings is 1. The molecule has 0 aliphatic heterocycles. The van der Waals surface area contributed by atoms with Gasteiger partial charge in [0.1, 0.15) is 0 Å². The van der Waals surface area contributed by atoms with Gasteiger partial charge in [-0.2, -0.15) is 0 Å². The summed E-state index contributed by atoms with van der Waals surface area (Å²) in [7, 11) is 0. The first-order chi connectivity index (χ1) is 7.54. The molecule has 16 heavy (non-hydrogen) atoms. The van der Waals surface area contributed by atoms with Gasteiger partial charge < -0.3 is 16.5 Å². The summed E-state index contributed by atoms with van der Waals surface area (Å²) in [4.78, 5) is 0. The Morgan fingerprint density at radius 2 is 1.94 bits per heavy atom. The van der Waals surface area contributed by atoms with Crippen LogP contribution in [0, 0.1) is 11.3 Å². The fourth-order valence-electron chi connectivity index (χ4n) is 1.32. The minimum atomic E-state index is 0.234. The summed E-state index contributed by atoms with van der Waals surface area (Å²) in [5.41, 5.74) is 7.95. The van der Waals surface area contributed by atoms with Crippen molar-refractivity contribution in [1.82, 2.24) is 0 Å². The van der Waals surface area contributed by atoms with E-state index < -0.39 is 0 Å². The zero-order valence-electron chi connectivity index (χ0n) is 9.42. The standard InChI is InChI=1S/C12H16ClN3/c1-8(2)12(11(15)7-14)16-10-5-3-9(13)4-6-10/h3-8,14,16H,15H2,1-2H3/b12-11+,14-7?. The molecule has 0 radical (unpaired) electrons. The molecule has 0 aliphatic rings. The highest BCUT2D eigenvalue weighted by atomic mass is 35.5. The Kier molecular flexibility index (Phi) is 4.38. The molecule has 4 N–H and O–H groups in total. The van der Waals surface area contributed by atoms with E-state index >= 15 is 0 Å². The lowest BCUT2D eigenvalue weighted by Gasteiger charge is -2.16. The maximum atomic E-state index is 7.16. The van der Waals surface area contributed by atoms with Crippen molar-refractivity contribution < 1.29 is 0 Å². The van der Waals surface area contributed by atoms with Gasteiger partial charge in [-0.3, -0.25) is 0 Å². The van der Waals surface area contributed by atoms with Crippen molar-refractivity contribution in [2.24, 2.45) is 11.7 Å². The summed E-state index contributed by atoms with van der Waals surface area (Å²) in [6, 6.07) is 7.37. The second-order valence-electron chi connectivity index (χ2n) is 3.80. The van der Waals surface area contributed by atoms with Crippen LogP contribution >= 0.6 is 11.6 Å². The number of hydrogen-bond acceptors (Lipinski definition) is 3. The van der Waals surface area contributed by atoms with Crippen LogP contribution in [-0.4, -0.2) is 6.21 Å². The third-order valence-electron chi connectivity index (χ3n) is 2.17. The van der Waals surface area contributed by atoms with Crippen molar-refractivity contribution >= 4 is 23.5 Å². The molecule has 0 heterocycles. The molecule has 1 aromatic rings. The highest BCUT2D eigenvalue weighted by Gasteiger charge is 2.07. The topological polar surface area (TPSA) is 61.9 Å². The molecule has 0 fully saturated rings. The fraction of sp³-hybridized carbons (Fsp3) is 0.250. The lowest BCUT2D eigenvalue weighted by atomic mass is 10.1. The van der Waals surface area contributed by atoms with Crippen molar-refractivity contribution in [2.75, 3.05) is 5.32 Å². The van der Waals surface area contributed by atoms with E-state index in [0.29, 0.717) is 10.7 Å². The molecule has 0 spiro atoms. The van der Waals surface area contributed by atoms with Crippen molar-refractivity contribution in [1.29, 1.82) is 5.41 Å². The van der Waals surface area contributed by atoms with Crippen LogP contribution in [0.1, 0.15) is 13.8 Å². The molecular weight excluding hydrogens is 222 g/mol. The second-order valence-corrected chi connectivity index (χ2v) is 4.24. The molecule has 0 saturated carbocycles. The minimum Gasteiger partial charge on any atom is -0.396 e. The van der Waals surface area contributed by atoms with Crippen molar-refractivity contribution in [3.05, 3.63) is 40.7 Å². The number of nitrogens with two attached hydrogens (primary N) is 1. The highest BCUT2D eigenvalue weighted by Crippen LogP contribution is 2.19. The lowest BCUT2D eigenvalue weighted by molar-refractivity contribution is 0.766. The van der Waals surface area contributed by atoms with Crippen LogP contribution in [0.4, 0.5) is 5.69 Å². The molecule has 1 aromatic carbocycles. The van der Waals surface area contributed by atoms with Gasteiger partial charge in [0.2, 0.25) is 0 Å². The molecule has 1 rings (SSSR count). The van der Waals surface area contributed by atoms with E-state index in [9.17, 15) is 0 Å². The number of halogens is 1. The third-order valence-corrected chi connectivity index (χ3v) is 2.42. The van der Waals surface area contributed by atoms with Gasteiger partial charge in [0, 0.05) is 22.6 Å². The van der Waals surface area contributed by atoms with Gasteiger partial charge in [-0.1, -0.05) is 25.4 Å². The SMILES string of the molecule is CC(C)/C(Nc1ccc(Cl)cc1)=C(\N)C=N. The van der Waals surface area contributed by atoms with Gasteiger partial charge in [-0.05, 0) is 30.2 Å². The molecule has 3 nitrogen and oxygen atoms in total. The van der Waals surface area contributed by atoms with Gasteiger partial charge in [-0.25, -0.2) is 0 Å². The van der Waals surface area contributed by atoms with Crippen LogP contribution in [0.2, 0.25) is 5.02 Å². The van der Waals surface area contributed by atoms with Crippen LogP contribution in [0.25, 0.3) is 0 Å². The average molecular weight is 238 g/mol. The summed E-state index contributed by atoms with van der Waals surface area (Å²) in [5, 5.41) is 11.1. The molecule has 4 heteroatoms. The number of nitrogens with one attached hydrogen (secondary N) is 2. The van der Waals surface area contributed by atoms with Crippen LogP contribution in [0.15, 0.2) is 35.7 Å². The smallest absolute Gasteiger partial charge is 0.0691 e. The monoisotopic (exact) mass is 237 g/mol. The minimum absolute atomic E-state index is 0.234.